The van der Waals surface area contributed by atoms with Crippen LogP contribution in [0.25, 0.3) is 0 Å². The second-order valence-electron chi connectivity index (χ2n) is 2.22. The Labute approximate surface area is 92.5 Å². The Morgan fingerprint density at radius 3 is 2.23 bits per heavy atom. The maximum absolute atomic E-state index is 8.55. The summed E-state index contributed by atoms with van der Waals surface area (Å²) in [6.07, 6.45) is 0. The number of hydrogen-bond acceptors (Lipinski definition) is 6. The van der Waals surface area contributed by atoms with Crippen molar-refractivity contribution in [1.29, 1.82) is 0 Å². The fraction of sp³-hybridized carbons (Fsp3) is 0. The van der Waals surface area contributed by atoms with Crippen LogP contribution in [0.4, 0.5) is 0 Å². The molecular weight excluding hydrogens is 227 g/mol. The van der Waals surface area contributed by atoms with Crippen molar-refractivity contribution in [2.24, 2.45) is 0 Å². The molecule has 1 aromatic carbocycles. The summed E-state index contributed by atoms with van der Waals surface area (Å²) >= 11 is 12.3. The van der Waals surface area contributed by atoms with E-state index >= 15 is 0 Å². The smallest absolute Gasteiger partial charge is 0.511 e. The fourth-order valence-corrected chi connectivity index (χ4v) is 1.47. The topological polar surface area (TPSA) is 49.7 Å². The second-order valence-corrected chi connectivity index (χ2v) is 3.60. The van der Waals surface area contributed by atoms with Crippen LogP contribution in [0.5, 0.6) is 5.75 Å². The van der Waals surface area contributed by atoms with Crippen LogP contribution in [0.2, 0.25) is 0 Å². The van der Waals surface area contributed by atoms with Gasteiger partial charge < -0.3 is 14.7 Å². The van der Waals surface area contributed by atoms with Crippen LogP contribution in [0, 0.1) is 0 Å². The molecule has 1 rings (SSSR count). The number of rotatable bonds is 2. The molecule has 0 saturated heterocycles. The van der Waals surface area contributed by atoms with Gasteiger partial charge in [0.25, 0.3) is 0 Å². The standard InChI is InChI=1S/C6H7BO3S3/c8-7(9)10-3-1-2-4(11)6(13)5(3)12/h1-2,8-9,11-13H. The number of benzene rings is 1. The third kappa shape index (κ3) is 2.75. The van der Waals surface area contributed by atoms with E-state index in [1.165, 1.54) is 6.07 Å². The lowest BCUT2D eigenvalue weighted by atomic mass is 10.2. The highest BCUT2D eigenvalue weighted by molar-refractivity contribution is 7.85. The molecule has 0 heterocycles. The highest BCUT2D eigenvalue weighted by Gasteiger charge is 2.14. The lowest BCUT2D eigenvalue weighted by Crippen LogP contribution is -2.20. The van der Waals surface area contributed by atoms with Crippen molar-refractivity contribution in [3.8, 4) is 5.75 Å². The van der Waals surface area contributed by atoms with E-state index in [2.05, 4.69) is 42.5 Å². The van der Waals surface area contributed by atoms with Crippen molar-refractivity contribution in [2.75, 3.05) is 0 Å². The zero-order chi connectivity index (χ0) is 10.0. The molecule has 0 unspecified atom stereocenters. The van der Waals surface area contributed by atoms with E-state index in [1.807, 2.05) is 0 Å². The maximum atomic E-state index is 8.55. The van der Waals surface area contributed by atoms with E-state index in [9.17, 15) is 0 Å². The molecule has 1 aromatic rings. The minimum absolute atomic E-state index is 0.251. The van der Waals surface area contributed by atoms with Crippen LogP contribution in [-0.4, -0.2) is 17.4 Å². The Kier molecular flexibility index (Phi) is 3.87. The molecule has 0 bridgehead atoms. The van der Waals surface area contributed by atoms with Crippen LogP contribution in [-0.2, 0) is 0 Å². The predicted molar refractivity (Wildman–Crippen MR) is 59.0 cm³/mol. The normalized spacial score (nSPS) is 9.92. The summed E-state index contributed by atoms with van der Waals surface area (Å²) in [5.74, 6) is 0.251. The third-order valence-electron chi connectivity index (χ3n) is 1.33. The van der Waals surface area contributed by atoms with Gasteiger partial charge in [0.15, 0.2) is 0 Å². The van der Waals surface area contributed by atoms with Crippen LogP contribution in [0.1, 0.15) is 0 Å². The van der Waals surface area contributed by atoms with E-state index < -0.39 is 7.32 Å². The molecule has 3 nitrogen and oxygen atoms in total. The SMILES string of the molecule is OB(O)Oc1ccc(S)c(S)c1S. The van der Waals surface area contributed by atoms with Gasteiger partial charge in [0.05, 0.1) is 4.90 Å². The van der Waals surface area contributed by atoms with E-state index in [0.29, 0.717) is 14.7 Å². The Hall–Kier alpha value is 0.0549. The summed E-state index contributed by atoms with van der Waals surface area (Å²) in [6.45, 7) is 0. The van der Waals surface area contributed by atoms with Gasteiger partial charge in [-0.05, 0) is 12.1 Å². The molecule has 0 spiro atoms. The zero-order valence-corrected chi connectivity index (χ0v) is 9.06. The lowest BCUT2D eigenvalue weighted by Gasteiger charge is -2.10. The first kappa shape index (κ1) is 11.1. The average Bonchev–Trinajstić information content (AvgIpc) is 2.06. The van der Waals surface area contributed by atoms with Gasteiger partial charge in [-0.25, -0.2) is 0 Å². The van der Waals surface area contributed by atoms with E-state index in [0.717, 1.165) is 0 Å². The van der Waals surface area contributed by atoms with Crippen molar-refractivity contribution in [1.82, 2.24) is 0 Å². The van der Waals surface area contributed by atoms with Gasteiger partial charge in [-0.1, -0.05) is 0 Å². The van der Waals surface area contributed by atoms with Crippen molar-refractivity contribution in [3.63, 3.8) is 0 Å². The zero-order valence-electron chi connectivity index (χ0n) is 6.38. The monoisotopic (exact) mass is 234 g/mol. The molecule has 0 radical (unpaired) electrons. The van der Waals surface area contributed by atoms with E-state index in [-0.39, 0.29) is 5.75 Å². The van der Waals surface area contributed by atoms with Crippen molar-refractivity contribution >= 4 is 45.2 Å². The first-order valence-electron chi connectivity index (χ1n) is 3.29. The first-order valence-corrected chi connectivity index (χ1v) is 4.63. The molecule has 0 atom stereocenters. The van der Waals surface area contributed by atoms with Crippen molar-refractivity contribution < 1.29 is 14.7 Å². The summed E-state index contributed by atoms with van der Waals surface area (Å²) < 4.78 is 4.63. The summed E-state index contributed by atoms with van der Waals surface area (Å²) in [4.78, 5) is 1.60. The minimum Gasteiger partial charge on any atom is -0.511 e. The summed E-state index contributed by atoms with van der Waals surface area (Å²) in [5, 5.41) is 17.1. The molecule has 0 aliphatic carbocycles. The number of thiol groups is 3. The molecule has 0 aromatic heterocycles. The maximum Gasteiger partial charge on any atom is 0.707 e. The summed E-state index contributed by atoms with van der Waals surface area (Å²) in [6, 6.07) is 3.16. The minimum atomic E-state index is -1.86. The number of hydrogen-bond donors (Lipinski definition) is 5. The van der Waals surface area contributed by atoms with E-state index in [4.69, 9.17) is 10.0 Å². The van der Waals surface area contributed by atoms with Gasteiger partial charge in [-0.2, -0.15) is 0 Å². The Morgan fingerprint density at radius 1 is 1.08 bits per heavy atom. The third-order valence-corrected chi connectivity index (χ3v) is 2.96. The Balaban J connectivity index is 3.04. The highest BCUT2D eigenvalue weighted by atomic mass is 32.1. The predicted octanol–water partition coefficient (Wildman–Crippen LogP) is 0.901. The lowest BCUT2D eigenvalue weighted by molar-refractivity contribution is 0.284. The van der Waals surface area contributed by atoms with Gasteiger partial charge >= 0.3 is 7.32 Å². The highest BCUT2D eigenvalue weighted by Crippen LogP contribution is 2.33. The second kappa shape index (κ2) is 4.52. The van der Waals surface area contributed by atoms with E-state index in [1.54, 1.807) is 6.07 Å². The molecule has 0 amide bonds. The summed E-state index contributed by atoms with van der Waals surface area (Å²) in [7, 11) is -1.86. The quantitative estimate of drug-likeness (QED) is 0.390. The fourth-order valence-electron chi connectivity index (χ4n) is 0.759. The molecule has 0 aliphatic rings. The molecule has 0 saturated carbocycles. The van der Waals surface area contributed by atoms with Gasteiger partial charge in [0.2, 0.25) is 0 Å². The van der Waals surface area contributed by atoms with Crippen LogP contribution < -0.4 is 4.65 Å². The first-order chi connectivity index (χ1) is 6.02. The van der Waals surface area contributed by atoms with Crippen LogP contribution in [0.15, 0.2) is 26.8 Å². The van der Waals surface area contributed by atoms with Gasteiger partial charge in [-0.3, -0.25) is 0 Å². The van der Waals surface area contributed by atoms with Crippen LogP contribution >= 0.6 is 37.9 Å². The molecule has 7 heteroatoms. The average molecular weight is 234 g/mol. The molecule has 2 N–H and O–H groups in total. The Bertz CT molecular complexity index is 318. The molecular formula is C6H7BO3S3. The molecule has 0 aliphatic heterocycles. The molecule has 0 fully saturated rings. The van der Waals surface area contributed by atoms with Gasteiger partial charge in [0.1, 0.15) is 5.75 Å². The van der Waals surface area contributed by atoms with Gasteiger partial charge in [-0.15, -0.1) is 37.9 Å². The Morgan fingerprint density at radius 2 is 1.69 bits per heavy atom. The van der Waals surface area contributed by atoms with Crippen molar-refractivity contribution in [2.45, 2.75) is 14.7 Å². The largest absolute Gasteiger partial charge is 0.707 e. The van der Waals surface area contributed by atoms with Crippen molar-refractivity contribution in [3.05, 3.63) is 12.1 Å². The van der Waals surface area contributed by atoms with Crippen LogP contribution in [0.3, 0.4) is 0 Å². The van der Waals surface area contributed by atoms with Gasteiger partial charge in [0, 0.05) is 9.79 Å². The summed E-state index contributed by atoms with van der Waals surface area (Å²) in [5.41, 5.74) is 0. The molecule has 70 valence electrons. The molecule has 13 heavy (non-hydrogen) atoms.